The van der Waals surface area contributed by atoms with Crippen molar-refractivity contribution in [2.75, 3.05) is 0 Å². The van der Waals surface area contributed by atoms with Gasteiger partial charge in [-0.25, -0.2) is 0 Å². The molecule has 4 nitrogen and oxygen atoms in total. The van der Waals surface area contributed by atoms with Crippen LogP contribution in [0, 0.1) is 0 Å². The van der Waals surface area contributed by atoms with Crippen LogP contribution >= 0.6 is 23.2 Å². The van der Waals surface area contributed by atoms with Gasteiger partial charge >= 0.3 is 5.97 Å². The van der Waals surface area contributed by atoms with E-state index in [1.54, 1.807) is 42.5 Å². The number of ketones is 1. The molecule has 154 valence electrons. The first-order chi connectivity index (χ1) is 14.5. The predicted octanol–water partition coefficient (Wildman–Crippen LogP) is 6.40. The zero-order valence-corrected chi connectivity index (χ0v) is 17.6. The van der Waals surface area contributed by atoms with Crippen molar-refractivity contribution in [2.24, 2.45) is 0 Å². The van der Waals surface area contributed by atoms with E-state index in [1.807, 2.05) is 30.3 Å². The quantitative estimate of drug-likeness (QED) is 0.389. The van der Waals surface area contributed by atoms with Crippen molar-refractivity contribution in [3.8, 4) is 5.75 Å². The zero-order valence-electron chi connectivity index (χ0n) is 16.1. The first-order valence-corrected chi connectivity index (χ1v) is 10.2. The molecule has 0 aromatic heterocycles. The van der Waals surface area contributed by atoms with Crippen LogP contribution in [-0.2, 0) is 11.4 Å². The summed E-state index contributed by atoms with van der Waals surface area (Å²) < 4.78 is 5.82. The maximum Gasteiger partial charge on any atom is 0.303 e. The Bertz CT molecular complexity index is 1010. The lowest BCUT2D eigenvalue weighted by Crippen LogP contribution is -2.16. The maximum absolute atomic E-state index is 13.3. The molecule has 1 unspecified atom stereocenters. The molecule has 0 aliphatic rings. The summed E-state index contributed by atoms with van der Waals surface area (Å²) in [5, 5.41) is 9.80. The Hall–Kier alpha value is -2.82. The van der Waals surface area contributed by atoms with Crippen molar-refractivity contribution < 1.29 is 19.4 Å². The van der Waals surface area contributed by atoms with Crippen molar-refractivity contribution in [1.29, 1.82) is 0 Å². The van der Waals surface area contributed by atoms with Crippen molar-refractivity contribution in [3.05, 3.63) is 99.5 Å². The average Bonchev–Trinajstić information content (AvgIpc) is 2.74. The average molecular weight is 443 g/mol. The number of halogens is 2. The molecule has 0 bridgehead atoms. The number of carboxylic acid groups (broad SMARTS) is 1. The van der Waals surface area contributed by atoms with Gasteiger partial charge < -0.3 is 9.84 Å². The van der Waals surface area contributed by atoms with Gasteiger partial charge in [-0.3, -0.25) is 9.59 Å². The third kappa shape index (κ3) is 5.62. The minimum absolute atomic E-state index is 0.0900. The molecule has 0 fully saturated rings. The van der Waals surface area contributed by atoms with Crippen LogP contribution < -0.4 is 4.74 Å². The highest BCUT2D eigenvalue weighted by Crippen LogP contribution is 2.36. The molecular weight excluding hydrogens is 423 g/mol. The van der Waals surface area contributed by atoms with Gasteiger partial charge in [0, 0.05) is 27.6 Å². The molecule has 3 aromatic rings. The molecule has 0 spiro atoms. The topological polar surface area (TPSA) is 63.6 Å². The van der Waals surface area contributed by atoms with Gasteiger partial charge in [0.2, 0.25) is 0 Å². The highest BCUT2D eigenvalue weighted by Gasteiger charge is 2.27. The maximum atomic E-state index is 13.3. The van der Waals surface area contributed by atoms with Gasteiger partial charge in [0.1, 0.15) is 12.4 Å². The molecule has 0 saturated carbocycles. The van der Waals surface area contributed by atoms with Crippen LogP contribution in [-0.4, -0.2) is 16.9 Å². The van der Waals surface area contributed by atoms with Gasteiger partial charge in [-0.2, -0.15) is 0 Å². The smallest absolute Gasteiger partial charge is 0.303 e. The van der Waals surface area contributed by atoms with Crippen LogP contribution in [0.15, 0.2) is 72.8 Å². The van der Waals surface area contributed by atoms with Gasteiger partial charge in [-0.1, -0.05) is 71.7 Å². The fourth-order valence-electron chi connectivity index (χ4n) is 3.20. The van der Waals surface area contributed by atoms with Crippen LogP contribution in [0.2, 0.25) is 10.0 Å². The van der Waals surface area contributed by atoms with Gasteiger partial charge in [0.05, 0.1) is 5.92 Å². The largest absolute Gasteiger partial charge is 0.489 e. The van der Waals surface area contributed by atoms with E-state index in [2.05, 4.69) is 0 Å². The van der Waals surface area contributed by atoms with Crippen LogP contribution in [0.3, 0.4) is 0 Å². The first-order valence-electron chi connectivity index (χ1n) is 9.42. The van der Waals surface area contributed by atoms with Crippen molar-refractivity contribution >= 4 is 35.0 Å². The number of carbonyl (C=O) groups is 2. The van der Waals surface area contributed by atoms with Crippen LogP contribution in [0.25, 0.3) is 0 Å². The number of carbonyl (C=O) groups excluding carboxylic acids is 1. The summed E-state index contributed by atoms with van der Waals surface area (Å²) in [6, 6.07) is 21.5. The zero-order chi connectivity index (χ0) is 21.5. The number of Topliss-reactive ketones (excluding diaryl/α,β-unsaturated/α-hetero) is 1. The van der Waals surface area contributed by atoms with Gasteiger partial charge in [-0.05, 0) is 36.2 Å². The SMILES string of the molecule is O=C(O)CCC(C(=O)c1cccc(OCc2ccccc2)c1)c1c(Cl)cccc1Cl. The number of aliphatic carboxylic acids is 1. The minimum Gasteiger partial charge on any atom is -0.489 e. The van der Waals surface area contributed by atoms with Gasteiger partial charge in [0.25, 0.3) is 0 Å². The Morgan fingerprint density at radius 3 is 2.23 bits per heavy atom. The first kappa shape index (κ1) is 21.9. The number of carboxylic acids is 1. The van der Waals surface area contributed by atoms with Crippen LogP contribution in [0.4, 0.5) is 0 Å². The van der Waals surface area contributed by atoms with E-state index in [4.69, 9.17) is 33.0 Å². The summed E-state index contributed by atoms with van der Waals surface area (Å²) in [5.41, 5.74) is 1.87. The highest BCUT2D eigenvalue weighted by molar-refractivity contribution is 6.36. The predicted molar refractivity (Wildman–Crippen MR) is 118 cm³/mol. The number of hydrogen-bond donors (Lipinski definition) is 1. The van der Waals surface area contributed by atoms with E-state index in [-0.39, 0.29) is 18.6 Å². The number of rotatable bonds is 9. The Balaban J connectivity index is 1.86. The fourth-order valence-corrected chi connectivity index (χ4v) is 3.86. The highest BCUT2D eigenvalue weighted by atomic mass is 35.5. The van der Waals surface area contributed by atoms with E-state index in [1.165, 1.54) is 0 Å². The Labute approximate surface area is 185 Å². The summed E-state index contributed by atoms with van der Waals surface area (Å²) in [7, 11) is 0. The summed E-state index contributed by atoms with van der Waals surface area (Å²) >= 11 is 12.6. The summed E-state index contributed by atoms with van der Waals surface area (Å²) in [6.07, 6.45) is -0.0884. The van der Waals surface area contributed by atoms with E-state index in [0.29, 0.717) is 33.5 Å². The molecule has 0 amide bonds. The molecule has 6 heteroatoms. The third-order valence-corrected chi connectivity index (χ3v) is 5.34. The van der Waals surface area contributed by atoms with Crippen LogP contribution in [0.1, 0.15) is 40.2 Å². The van der Waals surface area contributed by atoms with E-state index >= 15 is 0 Å². The second-order valence-corrected chi connectivity index (χ2v) is 7.60. The summed E-state index contributed by atoms with van der Waals surface area (Å²) in [4.78, 5) is 24.5. The van der Waals surface area contributed by atoms with Crippen molar-refractivity contribution in [1.82, 2.24) is 0 Å². The monoisotopic (exact) mass is 442 g/mol. The Morgan fingerprint density at radius 1 is 0.900 bits per heavy atom. The Morgan fingerprint density at radius 2 is 1.57 bits per heavy atom. The summed E-state index contributed by atoms with van der Waals surface area (Å²) in [6.45, 7) is 0.372. The van der Waals surface area contributed by atoms with Crippen molar-refractivity contribution in [2.45, 2.75) is 25.4 Å². The lowest BCUT2D eigenvalue weighted by Gasteiger charge is -2.19. The molecular formula is C24H20Cl2O4. The molecule has 0 aliphatic heterocycles. The molecule has 1 atom stereocenters. The lowest BCUT2D eigenvalue weighted by molar-refractivity contribution is -0.137. The molecule has 0 heterocycles. The molecule has 1 N–H and O–H groups in total. The molecule has 3 aromatic carbocycles. The summed E-state index contributed by atoms with van der Waals surface area (Å²) in [5.74, 6) is -1.47. The second-order valence-electron chi connectivity index (χ2n) is 6.79. The number of ether oxygens (including phenoxy) is 1. The standard InChI is InChI=1S/C24H20Cl2O4/c25-20-10-5-11-21(26)23(20)19(12-13-22(27)28)24(29)17-8-4-9-18(14-17)30-15-16-6-2-1-3-7-16/h1-11,14,19H,12-13,15H2,(H,27,28). The minimum atomic E-state index is -0.990. The molecule has 0 aliphatic carbocycles. The van der Waals surface area contributed by atoms with E-state index < -0.39 is 11.9 Å². The van der Waals surface area contributed by atoms with Crippen LogP contribution in [0.5, 0.6) is 5.75 Å². The lowest BCUT2D eigenvalue weighted by atomic mass is 9.86. The number of hydrogen-bond acceptors (Lipinski definition) is 3. The fraction of sp³-hybridized carbons (Fsp3) is 0.167. The number of benzene rings is 3. The molecule has 30 heavy (non-hydrogen) atoms. The second kappa shape index (κ2) is 10.3. The third-order valence-electron chi connectivity index (χ3n) is 4.68. The Kier molecular flexibility index (Phi) is 7.50. The molecule has 3 rings (SSSR count). The van der Waals surface area contributed by atoms with Gasteiger partial charge in [0.15, 0.2) is 5.78 Å². The molecule has 0 saturated heterocycles. The normalized spacial score (nSPS) is 11.7. The van der Waals surface area contributed by atoms with Gasteiger partial charge in [-0.15, -0.1) is 0 Å². The van der Waals surface area contributed by atoms with E-state index in [9.17, 15) is 9.59 Å². The van der Waals surface area contributed by atoms with E-state index in [0.717, 1.165) is 5.56 Å². The molecule has 0 radical (unpaired) electrons. The van der Waals surface area contributed by atoms with Crippen molar-refractivity contribution in [3.63, 3.8) is 0 Å².